The van der Waals surface area contributed by atoms with E-state index in [9.17, 15) is 9.59 Å². The van der Waals surface area contributed by atoms with Crippen molar-refractivity contribution < 1.29 is 23.4 Å². The van der Waals surface area contributed by atoms with Crippen LogP contribution >= 0.6 is 0 Å². The average Bonchev–Trinajstić information content (AvgIpc) is 2.57. The van der Waals surface area contributed by atoms with E-state index in [0.717, 1.165) is 12.5 Å². The predicted octanol–water partition coefficient (Wildman–Crippen LogP) is 4.33. The first kappa shape index (κ1) is 23.2. The fourth-order valence-corrected chi connectivity index (χ4v) is 2.96. The molecule has 0 saturated heterocycles. The highest BCUT2D eigenvalue weighted by Crippen LogP contribution is 2.23. The first-order valence-corrected chi connectivity index (χ1v) is 13.1. The third kappa shape index (κ3) is 10.8. The van der Waals surface area contributed by atoms with Crippen molar-refractivity contribution in [1.82, 2.24) is 0 Å². The molecule has 0 radical (unpaired) electrons. The van der Waals surface area contributed by atoms with Gasteiger partial charge in [-0.2, -0.15) is 0 Å². The summed E-state index contributed by atoms with van der Waals surface area (Å²) in [5.74, 6) is 0.675. The predicted molar refractivity (Wildman–Crippen MR) is 108 cm³/mol. The maximum atomic E-state index is 11.8. The Balaban J connectivity index is 2.49. The standard InChI is InChI=1S/C20H32O6Si/c1-6-24-19(21)10-8-7-9-16(2)18-13-17(14-20(22)26-18)25-15-23-11-12-27(3,4)5/h8,10,13-14,16H,6-7,9,11-12,15H2,1-5H3/b10-8+. The molecule has 1 aromatic heterocycles. The van der Waals surface area contributed by atoms with Crippen molar-refractivity contribution in [3.05, 3.63) is 40.5 Å². The number of ether oxygens (including phenoxy) is 3. The van der Waals surface area contributed by atoms with Crippen molar-refractivity contribution in [2.45, 2.75) is 58.3 Å². The van der Waals surface area contributed by atoms with Crippen molar-refractivity contribution in [2.24, 2.45) is 0 Å². The van der Waals surface area contributed by atoms with Crippen LogP contribution in [0.3, 0.4) is 0 Å². The van der Waals surface area contributed by atoms with Gasteiger partial charge in [0.25, 0.3) is 0 Å². The van der Waals surface area contributed by atoms with Crippen LogP contribution in [-0.4, -0.2) is 34.0 Å². The summed E-state index contributed by atoms with van der Waals surface area (Å²) in [4.78, 5) is 23.0. The maximum Gasteiger partial charge on any atom is 0.339 e. The summed E-state index contributed by atoms with van der Waals surface area (Å²) in [5.41, 5.74) is -0.446. The van der Waals surface area contributed by atoms with Crippen LogP contribution < -0.4 is 10.4 Å². The zero-order valence-electron chi connectivity index (χ0n) is 17.1. The second-order valence-electron chi connectivity index (χ2n) is 7.63. The second-order valence-corrected chi connectivity index (χ2v) is 13.2. The molecule has 1 aromatic rings. The van der Waals surface area contributed by atoms with E-state index in [1.165, 1.54) is 12.1 Å². The van der Waals surface area contributed by atoms with Gasteiger partial charge in [-0.05, 0) is 25.8 Å². The third-order valence-corrected chi connectivity index (χ3v) is 5.57. The van der Waals surface area contributed by atoms with Crippen LogP contribution in [0, 0.1) is 0 Å². The Morgan fingerprint density at radius 1 is 1.30 bits per heavy atom. The largest absolute Gasteiger partial charge is 0.467 e. The first-order valence-electron chi connectivity index (χ1n) is 9.40. The van der Waals surface area contributed by atoms with Gasteiger partial charge >= 0.3 is 11.6 Å². The van der Waals surface area contributed by atoms with Crippen molar-refractivity contribution in [3.63, 3.8) is 0 Å². The zero-order valence-corrected chi connectivity index (χ0v) is 18.1. The van der Waals surface area contributed by atoms with Crippen LogP contribution in [0.4, 0.5) is 0 Å². The van der Waals surface area contributed by atoms with Gasteiger partial charge in [-0.1, -0.05) is 32.6 Å². The molecule has 0 spiro atoms. The van der Waals surface area contributed by atoms with E-state index in [4.69, 9.17) is 18.6 Å². The quantitative estimate of drug-likeness (QED) is 0.172. The number of carbonyl (C=O) groups is 1. The lowest BCUT2D eigenvalue weighted by molar-refractivity contribution is -0.137. The van der Waals surface area contributed by atoms with Gasteiger partial charge in [0.1, 0.15) is 11.5 Å². The Hall–Kier alpha value is -1.86. The zero-order chi connectivity index (χ0) is 20.3. The number of carbonyl (C=O) groups excluding carboxylic acids is 1. The lowest BCUT2D eigenvalue weighted by atomic mass is 10.0. The molecule has 1 unspecified atom stereocenters. The Morgan fingerprint density at radius 3 is 2.70 bits per heavy atom. The van der Waals surface area contributed by atoms with E-state index < -0.39 is 13.7 Å². The molecule has 6 nitrogen and oxygen atoms in total. The highest BCUT2D eigenvalue weighted by molar-refractivity contribution is 6.76. The summed E-state index contributed by atoms with van der Waals surface area (Å²) in [6, 6.07) is 4.11. The molecule has 0 saturated carbocycles. The van der Waals surface area contributed by atoms with Crippen LogP contribution in [0.5, 0.6) is 5.75 Å². The topological polar surface area (TPSA) is 75.0 Å². The lowest BCUT2D eigenvalue weighted by Crippen LogP contribution is -2.22. The number of hydrogen-bond acceptors (Lipinski definition) is 6. The van der Waals surface area contributed by atoms with E-state index in [1.54, 1.807) is 19.1 Å². The second kappa shape index (κ2) is 11.8. The number of allylic oxidation sites excluding steroid dienone is 1. The summed E-state index contributed by atoms with van der Waals surface area (Å²) in [6.07, 6.45) is 4.59. The molecular weight excluding hydrogens is 364 g/mol. The van der Waals surface area contributed by atoms with Gasteiger partial charge in [0.15, 0.2) is 6.79 Å². The summed E-state index contributed by atoms with van der Waals surface area (Å²) < 4.78 is 21.1. The molecule has 1 atom stereocenters. The Morgan fingerprint density at radius 2 is 2.04 bits per heavy atom. The lowest BCUT2D eigenvalue weighted by Gasteiger charge is -2.15. The van der Waals surface area contributed by atoms with Gasteiger partial charge < -0.3 is 18.6 Å². The summed E-state index contributed by atoms with van der Waals surface area (Å²) in [5, 5.41) is 0. The van der Waals surface area contributed by atoms with Gasteiger partial charge in [-0.3, -0.25) is 0 Å². The Kier molecular flexibility index (Phi) is 10.1. The molecule has 0 amide bonds. The average molecular weight is 397 g/mol. The minimum absolute atomic E-state index is 0.0147. The monoisotopic (exact) mass is 396 g/mol. The normalized spacial score (nSPS) is 12.9. The SMILES string of the molecule is CCOC(=O)/C=C/CCC(C)c1cc(OCOCC[Si](C)(C)C)cc(=O)o1. The molecular formula is C20H32O6Si. The van der Waals surface area contributed by atoms with Crippen LogP contribution in [0.15, 0.2) is 33.5 Å². The van der Waals surface area contributed by atoms with E-state index >= 15 is 0 Å². The third-order valence-electron chi connectivity index (χ3n) is 3.86. The highest BCUT2D eigenvalue weighted by Gasteiger charge is 2.13. The minimum atomic E-state index is -1.13. The fourth-order valence-electron chi connectivity index (χ4n) is 2.20. The summed E-state index contributed by atoms with van der Waals surface area (Å²) in [7, 11) is -1.13. The molecule has 0 aliphatic carbocycles. The van der Waals surface area contributed by atoms with E-state index in [-0.39, 0.29) is 18.7 Å². The van der Waals surface area contributed by atoms with Gasteiger partial charge in [-0.25, -0.2) is 9.59 Å². The van der Waals surface area contributed by atoms with Crippen LogP contribution in [0.2, 0.25) is 25.7 Å². The molecule has 0 fully saturated rings. The Labute approximate surface area is 162 Å². The summed E-state index contributed by atoms with van der Waals surface area (Å²) in [6.45, 7) is 11.7. The van der Waals surface area contributed by atoms with Crippen molar-refractivity contribution in [1.29, 1.82) is 0 Å². The van der Waals surface area contributed by atoms with E-state index in [0.29, 0.717) is 31.1 Å². The Bertz CT molecular complexity index is 659. The molecule has 27 heavy (non-hydrogen) atoms. The van der Waals surface area contributed by atoms with Crippen molar-refractivity contribution >= 4 is 14.0 Å². The van der Waals surface area contributed by atoms with Crippen LogP contribution in [-0.2, 0) is 14.3 Å². The van der Waals surface area contributed by atoms with Gasteiger partial charge in [0.05, 0.1) is 12.7 Å². The molecule has 0 aliphatic rings. The number of esters is 1. The minimum Gasteiger partial charge on any atom is -0.467 e. The van der Waals surface area contributed by atoms with Crippen LogP contribution in [0.25, 0.3) is 0 Å². The molecule has 7 heteroatoms. The number of rotatable bonds is 12. The van der Waals surface area contributed by atoms with Crippen LogP contribution in [0.1, 0.15) is 38.4 Å². The molecule has 152 valence electrons. The maximum absolute atomic E-state index is 11.8. The molecule has 0 bridgehead atoms. The molecule has 1 rings (SSSR count). The van der Waals surface area contributed by atoms with Gasteiger partial charge in [0.2, 0.25) is 0 Å². The van der Waals surface area contributed by atoms with E-state index in [1.807, 2.05) is 6.92 Å². The summed E-state index contributed by atoms with van der Waals surface area (Å²) >= 11 is 0. The molecule has 0 N–H and O–H groups in total. The highest BCUT2D eigenvalue weighted by atomic mass is 28.3. The molecule has 0 aromatic carbocycles. The van der Waals surface area contributed by atoms with E-state index in [2.05, 4.69) is 19.6 Å². The molecule has 1 heterocycles. The smallest absolute Gasteiger partial charge is 0.339 e. The van der Waals surface area contributed by atoms with Crippen molar-refractivity contribution in [3.8, 4) is 5.75 Å². The first-order chi connectivity index (χ1) is 12.7. The van der Waals surface area contributed by atoms with Crippen molar-refractivity contribution in [2.75, 3.05) is 20.0 Å². The number of hydrogen-bond donors (Lipinski definition) is 0. The molecule has 0 aliphatic heterocycles. The fraction of sp³-hybridized carbons (Fsp3) is 0.600. The van der Waals surface area contributed by atoms with Gasteiger partial charge in [0, 0.05) is 32.7 Å². The van der Waals surface area contributed by atoms with Gasteiger partial charge in [-0.15, -0.1) is 0 Å².